The van der Waals surface area contributed by atoms with Gasteiger partial charge in [0.2, 0.25) is 0 Å². The van der Waals surface area contributed by atoms with Crippen LogP contribution in [0.25, 0.3) is 0 Å². The molecule has 1 aromatic rings. The molecule has 0 aliphatic carbocycles. The lowest BCUT2D eigenvalue weighted by atomic mass is 10.1. The molecular formula is C13H15Cl2N. The lowest BCUT2D eigenvalue weighted by Gasteiger charge is -2.15. The Morgan fingerprint density at radius 1 is 1.38 bits per heavy atom. The second-order valence-corrected chi connectivity index (χ2v) is 4.41. The SMILES string of the molecule is C#CCC(CC)NCc1c(Cl)cccc1Cl. The third-order valence-corrected chi connectivity index (χ3v) is 3.19. The number of nitrogens with one attached hydrogen (secondary N) is 1. The van der Waals surface area contributed by atoms with Crippen LogP contribution in [0.1, 0.15) is 25.3 Å². The fourth-order valence-corrected chi connectivity index (χ4v) is 1.98. The van der Waals surface area contributed by atoms with Crippen LogP contribution < -0.4 is 5.32 Å². The summed E-state index contributed by atoms with van der Waals surface area (Å²) in [5.74, 6) is 2.66. The number of terminal acetylenes is 1. The van der Waals surface area contributed by atoms with Gasteiger partial charge in [-0.1, -0.05) is 36.2 Å². The normalized spacial score (nSPS) is 12.1. The van der Waals surface area contributed by atoms with Crippen molar-refractivity contribution < 1.29 is 0 Å². The summed E-state index contributed by atoms with van der Waals surface area (Å²) in [7, 11) is 0. The Labute approximate surface area is 107 Å². The number of hydrogen-bond acceptors (Lipinski definition) is 1. The van der Waals surface area contributed by atoms with Crippen LogP contribution in [0, 0.1) is 12.3 Å². The molecule has 0 spiro atoms. The van der Waals surface area contributed by atoms with E-state index in [0.717, 1.165) is 18.4 Å². The molecule has 0 aliphatic rings. The van der Waals surface area contributed by atoms with E-state index in [1.165, 1.54) is 0 Å². The fraction of sp³-hybridized carbons (Fsp3) is 0.385. The summed E-state index contributed by atoms with van der Waals surface area (Å²) >= 11 is 12.1. The first kappa shape index (κ1) is 13.4. The van der Waals surface area contributed by atoms with E-state index in [2.05, 4.69) is 18.2 Å². The van der Waals surface area contributed by atoms with E-state index >= 15 is 0 Å². The maximum absolute atomic E-state index is 6.07. The highest BCUT2D eigenvalue weighted by atomic mass is 35.5. The van der Waals surface area contributed by atoms with E-state index in [1.807, 2.05) is 18.2 Å². The molecule has 1 unspecified atom stereocenters. The summed E-state index contributed by atoms with van der Waals surface area (Å²) in [5.41, 5.74) is 0.932. The highest BCUT2D eigenvalue weighted by Crippen LogP contribution is 2.24. The Morgan fingerprint density at radius 2 is 2.00 bits per heavy atom. The minimum atomic E-state index is 0.317. The average Bonchev–Trinajstić information content (AvgIpc) is 2.27. The van der Waals surface area contributed by atoms with E-state index in [9.17, 15) is 0 Å². The predicted molar refractivity (Wildman–Crippen MR) is 70.8 cm³/mol. The second-order valence-electron chi connectivity index (χ2n) is 3.59. The van der Waals surface area contributed by atoms with Crippen LogP contribution in [0.5, 0.6) is 0 Å². The Balaban J connectivity index is 2.64. The minimum absolute atomic E-state index is 0.317. The van der Waals surface area contributed by atoms with Crippen molar-refractivity contribution in [2.24, 2.45) is 0 Å². The van der Waals surface area contributed by atoms with E-state index < -0.39 is 0 Å². The Kier molecular flexibility index (Phi) is 5.69. The molecule has 1 nitrogen and oxygen atoms in total. The molecule has 0 saturated carbocycles. The largest absolute Gasteiger partial charge is 0.309 e. The number of halogens is 2. The molecule has 0 bridgehead atoms. The highest BCUT2D eigenvalue weighted by molar-refractivity contribution is 6.35. The van der Waals surface area contributed by atoms with Crippen LogP contribution in [0.4, 0.5) is 0 Å². The minimum Gasteiger partial charge on any atom is -0.309 e. The van der Waals surface area contributed by atoms with Crippen molar-refractivity contribution in [2.45, 2.75) is 32.4 Å². The summed E-state index contributed by atoms with van der Waals surface area (Å²) < 4.78 is 0. The van der Waals surface area contributed by atoms with Crippen LogP contribution in [-0.4, -0.2) is 6.04 Å². The van der Waals surface area contributed by atoms with E-state index in [0.29, 0.717) is 22.6 Å². The first-order chi connectivity index (χ1) is 7.69. The molecule has 0 radical (unpaired) electrons. The number of rotatable bonds is 5. The van der Waals surface area contributed by atoms with E-state index in [1.54, 1.807) is 0 Å². The van der Waals surface area contributed by atoms with Gasteiger partial charge in [-0.25, -0.2) is 0 Å². The third-order valence-electron chi connectivity index (χ3n) is 2.49. The van der Waals surface area contributed by atoms with Crippen molar-refractivity contribution >= 4 is 23.2 Å². The molecule has 86 valence electrons. The summed E-state index contributed by atoms with van der Waals surface area (Å²) in [6.07, 6.45) is 7.00. The summed E-state index contributed by atoms with van der Waals surface area (Å²) in [6, 6.07) is 5.84. The molecule has 16 heavy (non-hydrogen) atoms. The van der Waals surface area contributed by atoms with Crippen molar-refractivity contribution in [1.29, 1.82) is 0 Å². The van der Waals surface area contributed by atoms with Gasteiger partial charge >= 0.3 is 0 Å². The van der Waals surface area contributed by atoms with Gasteiger partial charge in [-0.15, -0.1) is 12.3 Å². The maximum Gasteiger partial charge on any atom is 0.0465 e. The van der Waals surface area contributed by atoms with Crippen molar-refractivity contribution in [3.05, 3.63) is 33.8 Å². The molecule has 1 atom stereocenters. The van der Waals surface area contributed by atoms with Crippen LogP contribution in [0.15, 0.2) is 18.2 Å². The van der Waals surface area contributed by atoms with Gasteiger partial charge in [-0.3, -0.25) is 0 Å². The molecule has 0 heterocycles. The molecule has 1 N–H and O–H groups in total. The topological polar surface area (TPSA) is 12.0 Å². The molecule has 0 saturated heterocycles. The van der Waals surface area contributed by atoms with Crippen LogP contribution in [0.3, 0.4) is 0 Å². The molecule has 0 amide bonds. The van der Waals surface area contributed by atoms with Crippen LogP contribution >= 0.6 is 23.2 Å². The third kappa shape index (κ3) is 3.72. The van der Waals surface area contributed by atoms with Crippen molar-refractivity contribution in [3.8, 4) is 12.3 Å². The van der Waals surface area contributed by atoms with E-state index in [4.69, 9.17) is 29.6 Å². The maximum atomic E-state index is 6.07. The standard InChI is InChI=1S/C13H15Cl2N/c1-3-6-10(4-2)16-9-11-12(14)7-5-8-13(11)15/h1,5,7-8,10,16H,4,6,9H2,2H3. The van der Waals surface area contributed by atoms with Gasteiger partial charge in [0.1, 0.15) is 0 Å². The number of hydrogen-bond donors (Lipinski definition) is 1. The fourth-order valence-electron chi connectivity index (χ4n) is 1.45. The Hall–Kier alpha value is -0.680. The smallest absolute Gasteiger partial charge is 0.0465 e. The summed E-state index contributed by atoms with van der Waals surface area (Å²) in [5, 5.41) is 4.74. The van der Waals surface area contributed by atoms with Gasteiger partial charge < -0.3 is 5.32 Å². The Bertz CT molecular complexity index is 362. The molecule has 1 aromatic carbocycles. The average molecular weight is 256 g/mol. The molecule has 3 heteroatoms. The first-order valence-corrected chi connectivity index (χ1v) is 6.04. The van der Waals surface area contributed by atoms with Crippen molar-refractivity contribution in [1.82, 2.24) is 5.32 Å². The summed E-state index contributed by atoms with van der Waals surface area (Å²) in [4.78, 5) is 0. The molecule has 1 rings (SSSR count). The predicted octanol–water partition coefficient (Wildman–Crippen LogP) is 3.88. The lowest BCUT2D eigenvalue weighted by molar-refractivity contribution is 0.507. The summed E-state index contributed by atoms with van der Waals surface area (Å²) in [6.45, 7) is 2.75. The second kappa shape index (κ2) is 6.81. The quantitative estimate of drug-likeness (QED) is 0.788. The van der Waals surface area contributed by atoms with Gasteiger partial charge in [0.15, 0.2) is 0 Å². The zero-order valence-electron chi connectivity index (χ0n) is 9.26. The molecule has 0 aromatic heterocycles. The van der Waals surface area contributed by atoms with Crippen LogP contribution in [-0.2, 0) is 6.54 Å². The molecule has 0 aliphatic heterocycles. The first-order valence-electron chi connectivity index (χ1n) is 5.28. The van der Waals surface area contributed by atoms with Crippen molar-refractivity contribution in [2.75, 3.05) is 0 Å². The monoisotopic (exact) mass is 255 g/mol. The zero-order valence-corrected chi connectivity index (χ0v) is 10.8. The lowest BCUT2D eigenvalue weighted by Crippen LogP contribution is -2.27. The van der Waals surface area contributed by atoms with Gasteiger partial charge in [-0.2, -0.15) is 0 Å². The van der Waals surface area contributed by atoms with Gasteiger partial charge in [-0.05, 0) is 18.6 Å². The van der Waals surface area contributed by atoms with Gasteiger partial charge in [0.25, 0.3) is 0 Å². The van der Waals surface area contributed by atoms with Crippen molar-refractivity contribution in [3.63, 3.8) is 0 Å². The Morgan fingerprint density at radius 3 is 2.50 bits per heavy atom. The highest BCUT2D eigenvalue weighted by Gasteiger charge is 2.08. The van der Waals surface area contributed by atoms with Gasteiger partial charge in [0, 0.05) is 34.6 Å². The molecule has 0 fully saturated rings. The zero-order chi connectivity index (χ0) is 12.0. The molecular weight excluding hydrogens is 241 g/mol. The van der Waals surface area contributed by atoms with Crippen LogP contribution in [0.2, 0.25) is 10.0 Å². The van der Waals surface area contributed by atoms with E-state index in [-0.39, 0.29) is 0 Å². The number of benzene rings is 1. The van der Waals surface area contributed by atoms with Gasteiger partial charge in [0.05, 0.1) is 0 Å².